The number of alkyl halides is 3. The molecule has 7 nitrogen and oxygen atoms in total. The van der Waals surface area contributed by atoms with E-state index in [0.29, 0.717) is 42.6 Å². The molecule has 2 amide bonds. The Morgan fingerprint density at radius 1 is 1.16 bits per heavy atom. The second kappa shape index (κ2) is 8.46. The van der Waals surface area contributed by atoms with Crippen molar-refractivity contribution in [2.75, 3.05) is 42.9 Å². The van der Waals surface area contributed by atoms with Gasteiger partial charge in [-0.25, -0.2) is 4.98 Å². The van der Waals surface area contributed by atoms with E-state index >= 15 is 0 Å². The number of nitrogens with one attached hydrogen (secondary N) is 1. The van der Waals surface area contributed by atoms with Crippen molar-refractivity contribution >= 4 is 34.0 Å². The summed E-state index contributed by atoms with van der Waals surface area (Å²) in [5, 5.41) is 3.36. The van der Waals surface area contributed by atoms with Crippen LogP contribution in [0.3, 0.4) is 0 Å². The number of carbonyl (C=O) groups is 2. The predicted octanol–water partition coefficient (Wildman–Crippen LogP) is 2.51. The molecule has 11 heteroatoms. The van der Waals surface area contributed by atoms with Gasteiger partial charge in [-0.05, 0) is 37.0 Å². The van der Waals surface area contributed by atoms with Gasteiger partial charge in [0.15, 0.2) is 0 Å². The highest BCUT2D eigenvalue weighted by atomic mass is 32.1. The minimum absolute atomic E-state index is 0.162. The summed E-state index contributed by atoms with van der Waals surface area (Å²) in [6.45, 7) is 2.39. The second-order valence-corrected chi connectivity index (χ2v) is 8.75. The summed E-state index contributed by atoms with van der Waals surface area (Å²) in [5.41, 5.74) is 6.15. The zero-order chi connectivity index (χ0) is 22.2. The fourth-order valence-corrected chi connectivity index (χ4v) is 5.31. The summed E-state index contributed by atoms with van der Waals surface area (Å²) in [5.74, 6) is -0.257. The van der Waals surface area contributed by atoms with Crippen LogP contribution in [0.25, 0.3) is 0 Å². The first-order valence-electron chi connectivity index (χ1n) is 9.97. The maximum atomic E-state index is 12.7. The summed E-state index contributed by atoms with van der Waals surface area (Å²) in [7, 11) is 0. The van der Waals surface area contributed by atoms with Crippen LogP contribution in [0.4, 0.5) is 24.0 Å². The molecule has 4 rings (SSSR count). The molecular formula is C20H22F3N5O2S. The summed E-state index contributed by atoms with van der Waals surface area (Å²) < 4.78 is 38.1. The van der Waals surface area contributed by atoms with E-state index in [9.17, 15) is 22.8 Å². The highest BCUT2D eigenvalue weighted by molar-refractivity contribution is 7.17. The SMILES string of the molecule is NC(=O)c1c(NC(=O)CN2CCN(c3ccc(C(F)(F)F)cn3)CC2)sc2c1CCC2. The Morgan fingerprint density at radius 2 is 1.90 bits per heavy atom. The Morgan fingerprint density at radius 3 is 2.52 bits per heavy atom. The van der Waals surface area contributed by atoms with Crippen LogP contribution >= 0.6 is 11.3 Å². The lowest BCUT2D eigenvalue weighted by molar-refractivity contribution is -0.137. The molecule has 3 N–H and O–H groups in total. The van der Waals surface area contributed by atoms with Crippen LogP contribution in [0.15, 0.2) is 18.3 Å². The van der Waals surface area contributed by atoms with E-state index in [0.717, 1.165) is 42.0 Å². The van der Waals surface area contributed by atoms with Gasteiger partial charge >= 0.3 is 6.18 Å². The molecule has 3 heterocycles. The average molecular weight is 453 g/mol. The summed E-state index contributed by atoms with van der Waals surface area (Å²) in [6.07, 6.45) is -0.873. The zero-order valence-corrected chi connectivity index (χ0v) is 17.5. The van der Waals surface area contributed by atoms with Gasteiger partial charge in [-0.15, -0.1) is 11.3 Å². The van der Waals surface area contributed by atoms with Gasteiger partial charge in [0, 0.05) is 37.3 Å². The van der Waals surface area contributed by atoms with Crippen LogP contribution in [0, 0.1) is 0 Å². The average Bonchev–Trinajstić information content (AvgIpc) is 3.28. The van der Waals surface area contributed by atoms with Gasteiger partial charge in [-0.3, -0.25) is 14.5 Å². The molecule has 0 aromatic carbocycles. The van der Waals surface area contributed by atoms with Crippen LogP contribution in [0.1, 0.15) is 32.8 Å². The number of rotatable bonds is 5. The van der Waals surface area contributed by atoms with Crippen LogP contribution < -0.4 is 16.0 Å². The monoisotopic (exact) mass is 453 g/mol. The van der Waals surface area contributed by atoms with Crippen LogP contribution in [-0.2, 0) is 23.8 Å². The number of nitrogens with zero attached hydrogens (tertiary/aromatic N) is 3. The fourth-order valence-electron chi connectivity index (χ4n) is 4.00. The molecule has 0 radical (unpaired) electrons. The second-order valence-electron chi connectivity index (χ2n) is 7.64. The van der Waals surface area contributed by atoms with Crippen molar-refractivity contribution in [2.24, 2.45) is 5.73 Å². The van der Waals surface area contributed by atoms with Crippen molar-refractivity contribution in [1.29, 1.82) is 0 Å². The van der Waals surface area contributed by atoms with E-state index in [1.807, 2.05) is 9.80 Å². The molecule has 0 spiro atoms. The third-order valence-electron chi connectivity index (χ3n) is 5.56. The van der Waals surface area contributed by atoms with Crippen molar-refractivity contribution in [2.45, 2.75) is 25.4 Å². The number of piperazine rings is 1. The number of carbonyl (C=O) groups excluding carboxylic acids is 2. The van der Waals surface area contributed by atoms with E-state index in [1.165, 1.54) is 17.4 Å². The number of nitrogens with two attached hydrogens (primary N) is 1. The Bertz CT molecular complexity index is 982. The lowest BCUT2D eigenvalue weighted by atomic mass is 10.1. The maximum Gasteiger partial charge on any atom is 0.417 e. The van der Waals surface area contributed by atoms with Gasteiger partial charge in [0.25, 0.3) is 5.91 Å². The van der Waals surface area contributed by atoms with Gasteiger partial charge < -0.3 is 16.0 Å². The molecule has 1 fully saturated rings. The standard InChI is InChI=1S/C20H22F3N5O2S/c21-20(22,23)12-4-5-15(25-10-12)28-8-6-27(7-9-28)11-16(29)26-19-17(18(24)30)13-2-1-3-14(13)31-19/h4-5,10H,1-3,6-9,11H2,(H2,24,30)(H,26,29). The molecule has 166 valence electrons. The van der Waals surface area contributed by atoms with Crippen LogP contribution in [-0.4, -0.2) is 54.4 Å². The van der Waals surface area contributed by atoms with Gasteiger partial charge in [-0.2, -0.15) is 13.2 Å². The minimum Gasteiger partial charge on any atom is -0.365 e. The molecule has 2 aliphatic rings. The van der Waals surface area contributed by atoms with Crippen LogP contribution in [0.2, 0.25) is 0 Å². The zero-order valence-electron chi connectivity index (χ0n) is 16.7. The Hall–Kier alpha value is -2.66. The largest absolute Gasteiger partial charge is 0.417 e. The fraction of sp³-hybridized carbons (Fsp3) is 0.450. The van der Waals surface area contributed by atoms with E-state index in [4.69, 9.17) is 5.73 Å². The third-order valence-corrected chi connectivity index (χ3v) is 6.77. The number of aryl methyl sites for hydroxylation is 1. The number of amides is 2. The molecule has 31 heavy (non-hydrogen) atoms. The number of halogens is 3. The van der Waals surface area contributed by atoms with Crippen LogP contribution in [0.5, 0.6) is 0 Å². The molecule has 2 aromatic rings. The van der Waals surface area contributed by atoms with E-state index in [1.54, 1.807) is 0 Å². The number of primary amides is 1. The van der Waals surface area contributed by atoms with E-state index in [2.05, 4.69) is 10.3 Å². The number of hydrogen-bond acceptors (Lipinski definition) is 6. The van der Waals surface area contributed by atoms with Crippen molar-refractivity contribution < 1.29 is 22.8 Å². The first-order chi connectivity index (χ1) is 14.7. The third kappa shape index (κ3) is 4.67. The van der Waals surface area contributed by atoms with Crippen molar-refractivity contribution in [3.8, 4) is 0 Å². The van der Waals surface area contributed by atoms with E-state index < -0.39 is 17.6 Å². The normalized spacial score (nSPS) is 16.9. The van der Waals surface area contributed by atoms with Crippen molar-refractivity contribution in [3.05, 3.63) is 39.9 Å². The Labute approximate surface area is 181 Å². The summed E-state index contributed by atoms with van der Waals surface area (Å²) in [4.78, 5) is 33.3. The summed E-state index contributed by atoms with van der Waals surface area (Å²) >= 11 is 1.42. The molecule has 0 unspecified atom stereocenters. The number of thiophene rings is 1. The quantitative estimate of drug-likeness (QED) is 0.726. The van der Waals surface area contributed by atoms with Gasteiger partial charge in [0.1, 0.15) is 10.8 Å². The smallest absolute Gasteiger partial charge is 0.365 e. The molecule has 0 atom stereocenters. The molecule has 2 aromatic heterocycles. The maximum absolute atomic E-state index is 12.7. The van der Waals surface area contributed by atoms with Crippen molar-refractivity contribution in [3.63, 3.8) is 0 Å². The summed E-state index contributed by atoms with van der Waals surface area (Å²) in [6, 6.07) is 2.39. The molecule has 1 aliphatic carbocycles. The lowest BCUT2D eigenvalue weighted by Crippen LogP contribution is -2.49. The lowest BCUT2D eigenvalue weighted by Gasteiger charge is -2.35. The van der Waals surface area contributed by atoms with Gasteiger partial charge in [0.05, 0.1) is 17.7 Å². The number of hydrogen-bond donors (Lipinski definition) is 2. The minimum atomic E-state index is -4.41. The van der Waals surface area contributed by atoms with Gasteiger partial charge in [-0.1, -0.05) is 0 Å². The van der Waals surface area contributed by atoms with Crippen molar-refractivity contribution in [1.82, 2.24) is 9.88 Å². The molecule has 0 saturated carbocycles. The van der Waals surface area contributed by atoms with E-state index in [-0.39, 0.29) is 12.5 Å². The first-order valence-corrected chi connectivity index (χ1v) is 10.8. The molecule has 0 bridgehead atoms. The highest BCUT2D eigenvalue weighted by Crippen LogP contribution is 2.38. The number of fused-ring (bicyclic) bond motifs is 1. The van der Waals surface area contributed by atoms with Gasteiger partial charge in [0.2, 0.25) is 5.91 Å². The predicted molar refractivity (Wildman–Crippen MR) is 111 cm³/mol. The molecule has 1 saturated heterocycles. The number of pyridine rings is 1. The molecule has 1 aliphatic heterocycles. The Kier molecular flexibility index (Phi) is 5.89. The number of aromatic nitrogens is 1. The topological polar surface area (TPSA) is 91.6 Å². The molecular weight excluding hydrogens is 431 g/mol. The number of anilines is 2. The highest BCUT2D eigenvalue weighted by Gasteiger charge is 2.31. The Balaban J connectivity index is 1.31. The first kappa shape index (κ1) is 21.6.